The lowest BCUT2D eigenvalue weighted by Gasteiger charge is -2.30. The van der Waals surface area contributed by atoms with Gasteiger partial charge < -0.3 is 4.74 Å². The second-order valence-electron chi connectivity index (χ2n) is 7.84. The zero-order valence-electron chi connectivity index (χ0n) is 15.4. The molecule has 1 saturated carbocycles. The summed E-state index contributed by atoms with van der Waals surface area (Å²) in [7, 11) is 0. The fourth-order valence-corrected chi connectivity index (χ4v) is 4.93. The van der Waals surface area contributed by atoms with Crippen molar-refractivity contribution in [3.05, 3.63) is 71.8 Å². The SMILES string of the molecule is CC(=O)OCC1CC2CN(C(c3ccccc3)c3ccccc3)CC2C1. The van der Waals surface area contributed by atoms with Gasteiger partial charge in [-0.3, -0.25) is 9.69 Å². The van der Waals surface area contributed by atoms with Crippen LogP contribution < -0.4 is 0 Å². The van der Waals surface area contributed by atoms with E-state index in [1.54, 1.807) is 0 Å². The second-order valence-corrected chi connectivity index (χ2v) is 7.84. The Kier molecular flexibility index (Phi) is 5.07. The van der Waals surface area contributed by atoms with E-state index in [0.717, 1.165) is 24.9 Å². The van der Waals surface area contributed by atoms with Crippen LogP contribution in [-0.2, 0) is 9.53 Å². The molecule has 0 amide bonds. The molecule has 2 atom stereocenters. The Morgan fingerprint density at radius 3 is 1.92 bits per heavy atom. The van der Waals surface area contributed by atoms with Crippen molar-refractivity contribution in [1.29, 1.82) is 0 Å². The lowest BCUT2D eigenvalue weighted by atomic mass is 9.97. The van der Waals surface area contributed by atoms with Gasteiger partial charge >= 0.3 is 5.97 Å². The third-order valence-corrected chi connectivity index (χ3v) is 5.99. The zero-order valence-corrected chi connectivity index (χ0v) is 15.4. The molecule has 4 rings (SSSR count). The molecule has 1 aliphatic heterocycles. The maximum Gasteiger partial charge on any atom is 0.302 e. The van der Waals surface area contributed by atoms with Gasteiger partial charge in [-0.1, -0.05) is 60.7 Å². The van der Waals surface area contributed by atoms with Crippen molar-refractivity contribution in [3.63, 3.8) is 0 Å². The van der Waals surface area contributed by atoms with Crippen LogP contribution in [0.4, 0.5) is 0 Å². The van der Waals surface area contributed by atoms with E-state index in [1.807, 2.05) is 0 Å². The predicted molar refractivity (Wildman–Crippen MR) is 103 cm³/mol. The minimum atomic E-state index is -0.156. The van der Waals surface area contributed by atoms with E-state index >= 15 is 0 Å². The normalized spacial score (nSPS) is 25.4. The number of carbonyl (C=O) groups is 1. The number of ether oxygens (including phenoxy) is 1. The minimum absolute atomic E-state index is 0.156. The van der Waals surface area contributed by atoms with E-state index in [0.29, 0.717) is 18.6 Å². The first-order valence-electron chi connectivity index (χ1n) is 9.68. The van der Waals surface area contributed by atoms with Gasteiger partial charge in [0.1, 0.15) is 0 Å². The monoisotopic (exact) mass is 349 g/mol. The Labute approximate surface area is 156 Å². The number of hydrogen-bond acceptors (Lipinski definition) is 3. The molecular weight excluding hydrogens is 322 g/mol. The number of esters is 1. The summed E-state index contributed by atoms with van der Waals surface area (Å²) in [6.45, 7) is 4.37. The number of rotatable bonds is 5. The summed E-state index contributed by atoms with van der Waals surface area (Å²) < 4.78 is 5.25. The van der Waals surface area contributed by atoms with E-state index in [4.69, 9.17) is 4.74 Å². The van der Waals surface area contributed by atoms with Crippen molar-refractivity contribution in [1.82, 2.24) is 4.90 Å². The molecule has 2 aromatic carbocycles. The topological polar surface area (TPSA) is 29.5 Å². The summed E-state index contributed by atoms with van der Waals surface area (Å²) in [6, 6.07) is 22.0. The van der Waals surface area contributed by atoms with Crippen LogP contribution in [-0.4, -0.2) is 30.6 Å². The van der Waals surface area contributed by atoms with Gasteiger partial charge in [0.2, 0.25) is 0 Å². The van der Waals surface area contributed by atoms with E-state index in [1.165, 1.54) is 30.9 Å². The Morgan fingerprint density at radius 1 is 0.962 bits per heavy atom. The van der Waals surface area contributed by atoms with Gasteiger partial charge in [0.05, 0.1) is 12.6 Å². The summed E-state index contributed by atoms with van der Waals surface area (Å²) in [6.07, 6.45) is 2.37. The first-order chi connectivity index (χ1) is 12.7. The molecule has 3 nitrogen and oxygen atoms in total. The van der Waals surface area contributed by atoms with Crippen molar-refractivity contribution < 1.29 is 9.53 Å². The summed E-state index contributed by atoms with van der Waals surface area (Å²) >= 11 is 0. The highest BCUT2D eigenvalue weighted by molar-refractivity contribution is 5.65. The largest absolute Gasteiger partial charge is 0.466 e. The quantitative estimate of drug-likeness (QED) is 0.754. The smallest absolute Gasteiger partial charge is 0.302 e. The molecule has 0 aromatic heterocycles. The lowest BCUT2D eigenvalue weighted by Crippen LogP contribution is -2.29. The van der Waals surface area contributed by atoms with Crippen molar-refractivity contribution in [2.75, 3.05) is 19.7 Å². The minimum Gasteiger partial charge on any atom is -0.466 e. The molecule has 0 radical (unpaired) electrons. The second kappa shape index (κ2) is 7.63. The predicted octanol–water partition coefficient (Wildman–Crippen LogP) is 4.30. The van der Waals surface area contributed by atoms with Gasteiger partial charge in [0.25, 0.3) is 0 Å². The zero-order chi connectivity index (χ0) is 17.9. The van der Waals surface area contributed by atoms with Crippen molar-refractivity contribution >= 4 is 5.97 Å². The fraction of sp³-hybridized carbons (Fsp3) is 0.435. The maximum atomic E-state index is 11.1. The van der Waals surface area contributed by atoms with Gasteiger partial charge in [0, 0.05) is 20.0 Å². The number of hydrogen-bond donors (Lipinski definition) is 0. The molecule has 0 spiro atoms. The summed E-state index contributed by atoms with van der Waals surface area (Å²) in [5.74, 6) is 1.84. The Morgan fingerprint density at radius 2 is 1.46 bits per heavy atom. The highest BCUT2D eigenvalue weighted by Crippen LogP contribution is 2.45. The van der Waals surface area contributed by atoms with Crippen LogP contribution in [0.2, 0.25) is 0 Å². The third-order valence-electron chi connectivity index (χ3n) is 5.99. The van der Waals surface area contributed by atoms with Gasteiger partial charge in [0.15, 0.2) is 0 Å². The molecule has 0 N–H and O–H groups in total. The van der Waals surface area contributed by atoms with E-state index in [-0.39, 0.29) is 5.97 Å². The summed E-state index contributed by atoms with van der Waals surface area (Å²) in [5.41, 5.74) is 2.74. The van der Waals surface area contributed by atoms with Crippen molar-refractivity contribution in [3.8, 4) is 0 Å². The molecule has 2 unspecified atom stereocenters. The molecule has 3 heteroatoms. The molecule has 1 saturated heterocycles. The lowest BCUT2D eigenvalue weighted by molar-refractivity contribution is -0.142. The van der Waals surface area contributed by atoms with Gasteiger partial charge in [-0.25, -0.2) is 0 Å². The maximum absolute atomic E-state index is 11.1. The molecular formula is C23H27NO2. The van der Waals surface area contributed by atoms with Crippen LogP contribution in [0, 0.1) is 17.8 Å². The van der Waals surface area contributed by atoms with Crippen LogP contribution in [0.5, 0.6) is 0 Å². The molecule has 1 heterocycles. The van der Waals surface area contributed by atoms with Crippen molar-refractivity contribution in [2.45, 2.75) is 25.8 Å². The highest BCUT2D eigenvalue weighted by atomic mass is 16.5. The molecule has 2 aliphatic rings. The van der Waals surface area contributed by atoms with Crippen LogP contribution in [0.15, 0.2) is 60.7 Å². The first kappa shape index (κ1) is 17.3. The highest BCUT2D eigenvalue weighted by Gasteiger charge is 2.43. The number of benzene rings is 2. The molecule has 0 bridgehead atoms. The number of likely N-dealkylation sites (tertiary alicyclic amines) is 1. The molecule has 1 aliphatic carbocycles. The van der Waals surface area contributed by atoms with E-state index < -0.39 is 0 Å². The van der Waals surface area contributed by atoms with Crippen molar-refractivity contribution in [2.24, 2.45) is 17.8 Å². The van der Waals surface area contributed by atoms with Crippen LogP contribution >= 0.6 is 0 Å². The van der Waals surface area contributed by atoms with E-state index in [9.17, 15) is 4.79 Å². The van der Waals surface area contributed by atoms with E-state index in [2.05, 4.69) is 65.6 Å². The number of nitrogens with zero attached hydrogens (tertiary/aromatic N) is 1. The molecule has 2 fully saturated rings. The Bertz CT molecular complexity index is 677. The molecule has 136 valence electrons. The number of carbonyl (C=O) groups excluding carboxylic acids is 1. The van der Waals surface area contributed by atoms with Gasteiger partial charge in [-0.2, -0.15) is 0 Å². The third kappa shape index (κ3) is 3.68. The van der Waals surface area contributed by atoms with Crippen LogP contribution in [0.1, 0.15) is 36.9 Å². The van der Waals surface area contributed by atoms with Crippen LogP contribution in [0.25, 0.3) is 0 Å². The Balaban J connectivity index is 1.49. The van der Waals surface area contributed by atoms with Gasteiger partial charge in [-0.05, 0) is 41.7 Å². The molecule has 26 heavy (non-hydrogen) atoms. The number of fused-ring (bicyclic) bond motifs is 1. The average Bonchev–Trinajstić information content (AvgIpc) is 3.21. The first-order valence-corrected chi connectivity index (χ1v) is 9.68. The summed E-state index contributed by atoms with van der Waals surface area (Å²) in [5, 5.41) is 0. The van der Waals surface area contributed by atoms with Crippen LogP contribution in [0.3, 0.4) is 0 Å². The average molecular weight is 349 g/mol. The fourth-order valence-electron chi connectivity index (χ4n) is 4.93. The summed E-state index contributed by atoms with van der Waals surface area (Å²) in [4.78, 5) is 13.7. The Hall–Kier alpha value is -2.13. The molecule has 2 aromatic rings. The van der Waals surface area contributed by atoms with Gasteiger partial charge in [-0.15, -0.1) is 0 Å². The standard InChI is InChI=1S/C23H27NO2/c1-17(25)26-16-18-12-21-14-24(15-22(21)13-18)23(19-8-4-2-5-9-19)20-10-6-3-7-11-20/h2-11,18,21-23H,12-16H2,1H3.